The average Bonchev–Trinajstić information content (AvgIpc) is 2.75. The maximum atomic E-state index is 12.6. The van der Waals surface area contributed by atoms with Crippen molar-refractivity contribution in [2.24, 2.45) is 0 Å². The Morgan fingerprint density at radius 1 is 1.09 bits per heavy atom. The predicted molar refractivity (Wildman–Crippen MR) is 130 cm³/mol. The summed E-state index contributed by atoms with van der Waals surface area (Å²) < 4.78 is 37.4. The molecule has 1 amide bonds. The lowest BCUT2D eigenvalue weighted by Crippen LogP contribution is -2.19. The summed E-state index contributed by atoms with van der Waals surface area (Å²) in [5.74, 6) is 0.316. The Labute approximate surface area is 193 Å². The standard InChI is InChI=1S/C24H28N2O6S/c1-5-13-33(29,30)26-21-8-6-7-20(16(21)3)25-23(27)12-11-19-15(2)18-10-9-17(31-4)14-22(18)32-24(19)28/h6-10,14,26H,5,11-13H2,1-4H3,(H,25,27). The van der Waals surface area contributed by atoms with Crippen molar-refractivity contribution in [3.63, 3.8) is 0 Å². The third kappa shape index (κ3) is 5.73. The average molecular weight is 473 g/mol. The Bertz CT molecular complexity index is 1350. The fraction of sp³-hybridized carbons (Fsp3) is 0.333. The molecule has 0 aliphatic rings. The summed E-state index contributed by atoms with van der Waals surface area (Å²) in [6.07, 6.45) is 0.781. The number of benzene rings is 2. The molecule has 2 aromatic carbocycles. The highest BCUT2D eigenvalue weighted by molar-refractivity contribution is 7.92. The van der Waals surface area contributed by atoms with Crippen LogP contribution in [0.25, 0.3) is 11.0 Å². The number of carbonyl (C=O) groups is 1. The molecule has 0 fully saturated rings. The fourth-order valence-electron chi connectivity index (χ4n) is 3.61. The van der Waals surface area contributed by atoms with E-state index >= 15 is 0 Å². The monoisotopic (exact) mass is 472 g/mol. The van der Waals surface area contributed by atoms with Gasteiger partial charge in [-0.1, -0.05) is 13.0 Å². The van der Waals surface area contributed by atoms with Gasteiger partial charge in [0, 0.05) is 29.1 Å². The Balaban J connectivity index is 1.74. The molecule has 0 aliphatic carbocycles. The van der Waals surface area contributed by atoms with Crippen molar-refractivity contribution in [2.75, 3.05) is 22.9 Å². The van der Waals surface area contributed by atoms with Gasteiger partial charge in [0.15, 0.2) is 0 Å². The zero-order valence-corrected chi connectivity index (χ0v) is 20.0. The van der Waals surface area contributed by atoms with Crippen molar-refractivity contribution >= 4 is 38.3 Å². The van der Waals surface area contributed by atoms with E-state index < -0.39 is 15.6 Å². The molecule has 0 atom stereocenters. The molecule has 3 aromatic rings. The second-order valence-corrected chi connectivity index (χ2v) is 9.64. The van der Waals surface area contributed by atoms with Gasteiger partial charge in [-0.25, -0.2) is 13.2 Å². The summed E-state index contributed by atoms with van der Waals surface area (Å²) in [5, 5.41) is 3.59. The van der Waals surface area contributed by atoms with Gasteiger partial charge < -0.3 is 14.5 Å². The smallest absolute Gasteiger partial charge is 0.339 e. The molecule has 0 saturated carbocycles. The Kier molecular flexibility index (Phi) is 7.43. The fourth-order valence-corrected chi connectivity index (χ4v) is 4.81. The number of nitrogens with one attached hydrogen (secondary N) is 2. The third-order valence-electron chi connectivity index (χ3n) is 5.44. The van der Waals surface area contributed by atoms with Gasteiger partial charge in [-0.3, -0.25) is 9.52 Å². The van der Waals surface area contributed by atoms with Crippen LogP contribution in [0.15, 0.2) is 45.6 Å². The van der Waals surface area contributed by atoms with Gasteiger partial charge in [-0.05, 0) is 62.1 Å². The van der Waals surface area contributed by atoms with Gasteiger partial charge in [0.1, 0.15) is 11.3 Å². The van der Waals surface area contributed by atoms with Crippen molar-refractivity contribution in [3.05, 3.63) is 63.5 Å². The van der Waals surface area contributed by atoms with E-state index in [-0.39, 0.29) is 24.5 Å². The first kappa shape index (κ1) is 24.3. The van der Waals surface area contributed by atoms with Crippen LogP contribution in [0.1, 0.15) is 36.5 Å². The topological polar surface area (TPSA) is 115 Å². The molecule has 0 bridgehead atoms. The number of ether oxygens (including phenoxy) is 1. The SMILES string of the molecule is CCCS(=O)(=O)Nc1cccc(NC(=O)CCc2c(C)c3ccc(OC)cc3oc2=O)c1C. The van der Waals surface area contributed by atoms with E-state index in [0.717, 1.165) is 10.9 Å². The molecule has 0 radical (unpaired) electrons. The third-order valence-corrected chi connectivity index (χ3v) is 6.92. The Morgan fingerprint density at radius 2 is 1.82 bits per heavy atom. The summed E-state index contributed by atoms with van der Waals surface area (Å²) in [7, 11) is -1.91. The Morgan fingerprint density at radius 3 is 2.52 bits per heavy atom. The zero-order valence-electron chi connectivity index (χ0n) is 19.2. The number of fused-ring (bicyclic) bond motifs is 1. The number of aryl methyl sites for hydroxylation is 1. The van der Waals surface area contributed by atoms with E-state index in [1.807, 2.05) is 13.0 Å². The molecule has 0 aliphatic heterocycles. The van der Waals surface area contributed by atoms with Crippen LogP contribution in [0.3, 0.4) is 0 Å². The number of hydrogen-bond donors (Lipinski definition) is 2. The molecule has 3 rings (SSSR count). The zero-order chi connectivity index (χ0) is 24.2. The van der Waals surface area contributed by atoms with Gasteiger partial charge in [-0.2, -0.15) is 0 Å². The number of amides is 1. The van der Waals surface area contributed by atoms with Gasteiger partial charge in [-0.15, -0.1) is 0 Å². The molecular formula is C24H28N2O6S. The van der Waals surface area contributed by atoms with Crippen LogP contribution in [-0.4, -0.2) is 27.2 Å². The number of anilines is 2. The van der Waals surface area contributed by atoms with E-state index in [0.29, 0.717) is 40.3 Å². The van der Waals surface area contributed by atoms with Crippen molar-refractivity contribution in [1.29, 1.82) is 0 Å². The summed E-state index contributed by atoms with van der Waals surface area (Å²) >= 11 is 0. The van der Waals surface area contributed by atoms with Crippen LogP contribution in [-0.2, 0) is 21.2 Å². The van der Waals surface area contributed by atoms with Crippen LogP contribution in [0, 0.1) is 13.8 Å². The van der Waals surface area contributed by atoms with Gasteiger partial charge in [0.05, 0.1) is 18.6 Å². The minimum atomic E-state index is -3.45. The van der Waals surface area contributed by atoms with E-state index in [9.17, 15) is 18.0 Å². The Hall–Kier alpha value is -3.33. The molecular weight excluding hydrogens is 444 g/mol. The summed E-state index contributed by atoms with van der Waals surface area (Å²) in [6.45, 7) is 5.35. The molecule has 2 N–H and O–H groups in total. The van der Waals surface area contributed by atoms with E-state index in [4.69, 9.17) is 9.15 Å². The molecule has 176 valence electrons. The predicted octanol–water partition coefficient (Wildman–Crippen LogP) is 4.14. The molecule has 1 aromatic heterocycles. The first-order valence-corrected chi connectivity index (χ1v) is 12.3. The number of carbonyl (C=O) groups excluding carboxylic acids is 1. The molecule has 0 saturated heterocycles. The molecule has 33 heavy (non-hydrogen) atoms. The highest BCUT2D eigenvalue weighted by atomic mass is 32.2. The maximum Gasteiger partial charge on any atom is 0.339 e. The van der Waals surface area contributed by atoms with Crippen molar-refractivity contribution in [3.8, 4) is 5.75 Å². The molecule has 0 spiro atoms. The minimum absolute atomic E-state index is 0.0174. The van der Waals surface area contributed by atoms with Crippen molar-refractivity contribution in [2.45, 2.75) is 40.0 Å². The van der Waals surface area contributed by atoms with Gasteiger partial charge >= 0.3 is 5.63 Å². The first-order valence-electron chi connectivity index (χ1n) is 10.7. The van der Waals surface area contributed by atoms with Crippen molar-refractivity contribution < 1.29 is 22.4 Å². The lowest BCUT2D eigenvalue weighted by atomic mass is 10.0. The number of sulfonamides is 1. The number of methoxy groups -OCH3 is 1. The normalized spacial score (nSPS) is 11.4. The highest BCUT2D eigenvalue weighted by Crippen LogP contribution is 2.26. The van der Waals surface area contributed by atoms with E-state index in [1.165, 1.54) is 7.11 Å². The van der Waals surface area contributed by atoms with Crippen LogP contribution < -0.4 is 20.4 Å². The highest BCUT2D eigenvalue weighted by Gasteiger charge is 2.16. The van der Waals surface area contributed by atoms with Crippen LogP contribution in [0.5, 0.6) is 5.75 Å². The first-order chi connectivity index (χ1) is 15.6. The second-order valence-electron chi connectivity index (χ2n) is 7.80. The quantitative estimate of drug-likeness (QED) is 0.452. The van der Waals surface area contributed by atoms with E-state index in [2.05, 4.69) is 10.0 Å². The van der Waals surface area contributed by atoms with Crippen molar-refractivity contribution in [1.82, 2.24) is 0 Å². The summed E-state index contributed by atoms with van der Waals surface area (Å²) in [6, 6.07) is 10.3. The number of hydrogen-bond acceptors (Lipinski definition) is 6. The molecule has 9 heteroatoms. The van der Waals surface area contributed by atoms with Crippen LogP contribution in [0.4, 0.5) is 11.4 Å². The van der Waals surface area contributed by atoms with Crippen LogP contribution >= 0.6 is 0 Å². The van der Waals surface area contributed by atoms with Crippen LogP contribution in [0.2, 0.25) is 0 Å². The maximum absolute atomic E-state index is 12.6. The molecule has 0 unspecified atom stereocenters. The largest absolute Gasteiger partial charge is 0.497 e. The van der Waals surface area contributed by atoms with Gasteiger partial charge in [0.25, 0.3) is 0 Å². The summed E-state index contributed by atoms with van der Waals surface area (Å²) in [5.41, 5.74) is 2.70. The minimum Gasteiger partial charge on any atom is -0.497 e. The molecule has 8 nitrogen and oxygen atoms in total. The lowest BCUT2D eigenvalue weighted by molar-refractivity contribution is -0.116. The van der Waals surface area contributed by atoms with E-state index in [1.54, 1.807) is 44.2 Å². The molecule has 1 heterocycles. The lowest BCUT2D eigenvalue weighted by Gasteiger charge is -2.14. The summed E-state index contributed by atoms with van der Waals surface area (Å²) in [4.78, 5) is 25.1. The second kappa shape index (κ2) is 10.1. The number of rotatable bonds is 9. The van der Waals surface area contributed by atoms with Gasteiger partial charge in [0.2, 0.25) is 15.9 Å².